The summed E-state index contributed by atoms with van der Waals surface area (Å²) in [6.45, 7) is 5.19. The van der Waals surface area contributed by atoms with Gasteiger partial charge in [0, 0.05) is 38.3 Å². The maximum Gasteiger partial charge on any atom is 0.0838 e. The fraction of sp³-hybridized carbons (Fsp3) is 1.00. The smallest absolute Gasteiger partial charge is 0.0838 e. The minimum atomic E-state index is -0.346. The van der Waals surface area contributed by atoms with E-state index in [1.165, 1.54) is 45.2 Å². The van der Waals surface area contributed by atoms with Crippen molar-refractivity contribution in [2.24, 2.45) is 47.3 Å². The molecule has 2 heterocycles. The van der Waals surface area contributed by atoms with E-state index in [0.29, 0.717) is 23.9 Å². The van der Waals surface area contributed by atoms with Gasteiger partial charge < -0.3 is 15.2 Å². The number of piperidine rings is 1. The van der Waals surface area contributed by atoms with Crippen LogP contribution in [0.5, 0.6) is 0 Å². The van der Waals surface area contributed by atoms with Crippen molar-refractivity contribution in [1.29, 1.82) is 0 Å². The van der Waals surface area contributed by atoms with Gasteiger partial charge in [-0.2, -0.15) is 0 Å². The van der Waals surface area contributed by atoms with E-state index in [0.717, 1.165) is 55.3 Å². The lowest BCUT2D eigenvalue weighted by atomic mass is 9.56. The molecule has 0 aromatic heterocycles. The summed E-state index contributed by atoms with van der Waals surface area (Å²) in [6, 6.07) is 1.29. The minimum absolute atomic E-state index is 0.346. The van der Waals surface area contributed by atoms with Gasteiger partial charge in [0.25, 0.3) is 0 Å². The average Bonchev–Trinajstić information content (AvgIpc) is 3.31. The zero-order valence-corrected chi connectivity index (χ0v) is 15.1. The van der Waals surface area contributed by atoms with Crippen LogP contribution in [0.3, 0.4) is 0 Å². The fourth-order valence-electron chi connectivity index (χ4n) is 9.55. The first-order valence-electron chi connectivity index (χ1n) is 11.0. The number of aliphatic hydroxyl groups is 1. The third-order valence-corrected chi connectivity index (χ3v) is 10.1. The Bertz CT molecular complexity index is 578. The Morgan fingerprint density at radius 2 is 1.76 bits per heavy atom. The summed E-state index contributed by atoms with van der Waals surface area (Å²) in [5.74, 6) is 7.01. The highest BCUT2D eigenvalue weighted by atomic mass is 16.5. The van der Waals surface area contributed by atoms with Crippen LogP contribution in [0, 0.1) is 47.3 Å². The van der Waals surface area contributed by atoms with Gasteiger partial charge in [-0.3, -0.25) is 4.90 Å². The van der Waals surface area contributed by atoms with Gasteiger partial charge >= 0.3 is 0 Å². The van der Waals surface area contributed by atoms with Crippen LogP contribution in [0.15, 0.2) is 0 Å². The van der Waals surface area contributed by atoms with Crippen molar-refractivity contribution >= 4 is 0 Å². The molecule has 7 aliphatic rings. The molecule has 2 aliphatic heterocycles. The van der Waals surface area contributed by atoms with Crippen molar-refractivity contribution in [2.75, 3.05) is 32.8 Å². The normalized spacial score (nSPS) is 61.6. The molecule has 0 aromatic carbocycles. The lowest BCUT2D eigenvalue weighted by Gasteiger charge is -2.52. The second-order valence-electron chi connectivity index (χ2n) is 10.5. The first-order valence-corrected chi connectivity index (χ1v) is 11.0. The number of nitrogens with one attached hydrogen (secondary N) is 1. The summed E-state index contributed by atoms with van der Waals surface area (Å²) >= 11 is 0. The van der Waals surface area contributed by atoms with Gasteiger partial charge in [0.15, 0.2) is 0 Å². The number of likely N-dealkylation sites (tertiary alicyclic amines) is 1. The van der Waals surface area contributed by atoms with Crippen molar-refractivity contribution in [3.63, 3.8) is 0 Å². The van der Waals surface area contributed by atoms with E-state index >= 15 is 0 Å². The van der Waals surface area contributed by atoms with Gasteiger partial charge in [0.05, 0.1) is 12.2 Å². The summed E-state index contributed by atoms with van der Waals surface area (Å²) < 4.78 is 5.56. The number of hydrogen-bond acceptors (Lipinski definition) is 4. The molecule has 4 nitrogen and oxygen atoms in total. The van der Waals surface area contributed by atoms with Crippen LogP contribution < -0.4 is 5.32 Å². The standard InChI is InChI=1S/C21H32N2O2/c24-21(10-22-11-1-4-23(5-2-11)12-3-6-25-9-12)19-14-8-15-17-13(14)7-16(19)18(17)20(15)21/h11-20,22,24H,1-10H2. The predicted molar refractivity (Wildman–Crippen MR) is 93.9 cm³/mol. The summed E-state index contributed by atoms with van der Waals surface area (Å²) in [5, 5.41) is 15.6. The van der Waals surface area contributed by atoms with E-state index in [1.807, 2.05) is 0 Å². The van der Waals surface area contributed by atoms with E-state index in [4.69, 9.17) is 4.74 Å². The van der Waals surface area contributed by atoms with Crippen molar-refractivity contribution in [3.8, 4) is 0 Å². The van der Waals surface area contributed by atoms with E-state index in [2.05, 4.69) is 10.2 Å². The van der Waals surface area contributed by atoms with Gasteiger partial charge in [0.2, 0.25) is 0 Å². The fourth-order valence-corrected chi connectivity index (χ4v) is 9.55. The molecule has 7 fully saturated rings. The summed E-state index contributed by atoms with van der Waals surface area (Å²) in [7, 11) is 0. The maximum absolute atomic E-state index is 11.7. The molecule has 10 atom stereocenters. The van der Waals surface area contributed by atoms with Gasteiger partial charge in [-0.1, -0.05) is 0 Å². The van der Waals surface area contributed by atoms with Crippen molar-refractivity contribution in [2.45, 2.75) is 49.8 Å². The van der Waals surface area contributed by atoms with Gasteiger partial charge in [-0.25, -0.2) is 0 Å². The van der Waals surface area contributed by atoms with Crippen LogP contribution in [0.1, 0.15) is 32.1 Å². The molecule has 2 saturated heterocycles. The predicted octanol–water partition coefficient (Wildman–Crippen LogP) is 1.34. The maximum atomic E-state index is 11.7. The minimum Gasteiger partial charge on any atom is -0.388 e. The largest absolute Gasteiger partial charge is 0.388 e. The monoisotopic (exact) mass is 344 g/mol. The van der Waals surface area contributed by atoms with Crippen LogP contribution >= 0.6 is 0 Å². The van der Waals surface area contributed by atoms with Crippen molar-refractivity contribution in [1.82, 2.24) is 10.2 Å². The van der Waals surface area contributed by atoms with E-state index < -0.39 is 0 Å². The molecule has 5 aliphatic carbocycles. The van der Waals surface area contributed by atoms with E-state index in [9.17, 15) is 5.11 Å². The van der Waals surface area contributed by atoms with Gasteiger partial charge in [-0.15, -0.1) is 0 Å². The van der Waals surface area contributed by atoms with Crippen LogP contribution in [0.25, 0.3) is 0 Å². The summed E-state index contributed by atoms with van der Waals surface area (Å²) in [6.07, 6.45) is 6.65. The highest BCUT2D eigenvalue weighted by Gasteiger charge is 2.84. The van der Waals surface area contributed by atoms with Crippen molar-refractivity contribution < 1.29 is 9.84 Å². The number of ether oxygens (including phenoxy) is 1. The zero-order chi connectivity index (χ0) is 16.3. The number of hydrogen-bond donors (Lipinski definition) is 2. The zero-order valence-electron chi connectivity index (χ0n) is 15.1. The Balaban J connectivity index is 1.01. The molecule has 138 valence electrons. The molecule has 10 unspecified atom stereocenters. The molecule has 2 bridgehead atoms. The first-order chi connectivity index (χ1) is 12.3. The quantitative estimate of drug-likeness (QED) is 0.808. The van der Waals surface area contributed by atoms with Crippen LogP contribution in [-0.4, -0.2) is 60.5 Å². The molecule has 25 heavy (non-hydrogen) atoms. The van der Waals surface area contributed by atoms with Crippen LogP contribution in [0.4, 0.5) is 0 Å². The van der Waals surface area contributed by atoms with Gasteiger partial charge in [0.1, 0.15) is 0 Å². The third-order valence-electron chi connectivity index (χ3n) is 10.1. The molecule has 2 N–H and O–H groups in total. The summed E-state index contributed by atoms with van der Waals surface area (Å²) in [4.78, 5) is 2.64. The Morgan fingerprint density at radius 3 is 2.56 bits per heavy atom. The Kier molecular flexibility index (Phi) is 2.86. The molecule has 7 rings (SSSR count). The Hall–Kier alpha value is -0.160. The van der Waals surface area contributed by atoms with E-state index in [-0.39, 0.29) is 5.60 Å². The molecule has 5 saturated carbocycles. The highest BCUT2D eigenvalue weighted by molar-refractivity contribution is 5.32. The average molecular weight is 344 g/mol. The highest BCUT2D eigenvalue weighted by Crippen LogP contribution is 2.85. The Morgan fingerprint density at radius 1 is 0.960 bits per heavy atom. The first kappa shape index (κ1) is 14.8. The third kappa shape index (κ3) is 1.66. The molecule has 4 heteroatoms. The molecule has 0 aromatic rings. The van der Waals surface area contributed by atoms with Gasteiger partial charge in [-0.05, 0) is 79.4 Å². The second kappa shape index (κ2) is 4.81. The molecule has 0 amide bonds. The topological polar surface area (TPSA) is 44.7 Å². The Labute approximate surface area is 150 Å². The van der Waals surface area contributed by atoms with E-state index in [1.54, 1.807) is 0 Å². The molecular weight excluding hydrogens is 312 g/mol. The molecule has 0 radical (unpaired) electrons. The number of fused-ring (bicyclic) bond motifs is 2. The van der Waals surface area contributed by atoms with Crippen LogP contribution in [-0.2, 0) is 4.74 Å². The van der Waals surface area contributed by atoms with Crippen LogP contribution in [0.2, 0.25) is 0 Å². The number of rotatable bonds is 4. The molecular formula is C21H32N2O2. The number of nitrogens with zero attached hydrogens (tertiary/aromatic N) is 1. The SMILES string of the molecule is OC1(CNC2CCN(C3CCOC3)CC2)C2C3CC4C5C3CC2C5C41. The van der Waals surface area contributed by atoms with Crippen molar-refractivity contribution in [3.05, 3.63) is 0 Å². The summed E-state index contributed by atoms with van der Waals surface area (Å²) in [5.41, 5.74) is -0.346. The molecule has 0 spiro atoms. The second-order valence-corrected chi connectivity index (χ2v) is 10.5. The lowest BCUT2D eigenvalue weighted by Crippen LogP contribution is -2.60. The lowest BCUT2D eigenvalue weighted by molar-refractivity contribution is -0.129.